The van der Waals surface area contributed by atoms with Gasteiger partial charge in [-0.05, 0) is 86.6 Å². The summed E-state index contributed by atoms with van der Waals surface area (Å²) in [4.78, 5) is 26.3. The van der Waals surface area contributed by atoms with E-state index in [0.29, 0.717) is 65.4 Å². The molecule has 0 radical (unpaired) electrons. The van der Waals surface area contributed by atoms with E-state index in [4.69, 9.17) is 5.11 Å². The molecule has 222 valence electrons. The number of carbonyl (C=O) groups excluding carboxylic acids is 1. The molecule has 0 saturated carbocycles. The van der Waals surface area contributed by atoms with Gasteiger partial charge in [0.2, 0.25) is 10.0 Å². The fraction of sp³-hybridized carbons (Fsp3) is 0.290. The molecule has 11 heteroatoms. The van der Waals surface area contributed by atoms with Crippen molar-refractivity contribution in [2.75, 3.05) is 47.9 Å². The standard InChI is InChI=1S/C31H35FN4O5S/c1-4-18-42(40,41)36(17-16-35(2)3)25-12-10-24(11-13-25)33-30(22-7-5-6-21(19-22)8-15-28(37)38)29-26-14-9-23(32)20-27(26)34-31(29)39/h5-7,9-14,19-20,33H,4,8,15-18H2,1-3H3,(H,34,39)(H,37,38). The quantitative estimate of drug-likeness (QED) is 0.241. The molecule has 0 aromatic heterocycles. The number of carboxylic acid groups (broad SMARTS) is 1. The highest BCUT2D eigenvalue weighted by Gasteiger charge is 2.29. The first-order valence-corrected chi connectivity index (χ1v) is 15.3. The number of hydrogen-bond donors (Lipinski definition) is 3. The molecular formula is C31H35FN4O5S. The van der Waals surface area contributed by atoms with Gasteiger partial charge in [0, 0.05) is 30.8 Å². The number of aliphatic carboxylic acids is 1. The number of rotatable bonds is 13. The van der Waals surface area contributed by atoms with Crippen molar-refractivity contribution in [2.45, 2.75) is 26.2 Å². The number of nitrogens with zero attached hydrogens (tertiary/aromatic N) is 2. The van der Waals surface area contributed by atoms with E-state index < -0.39 is 27.7 Å². The molecular weight excluding hydrogens is 559 g/mol. The lowest BCUT2D eigenvalue weighted by Gasteiger charge is -2.26. The van der Waals surface area contributed by atoms with E-state index in [0.717, 1.165) is 5.56 Å². The molecule has 3 aromatic rings. The fourth-order valence-corrected chi connectivity index (χ4v) is 6.29. The second-order valence-electron chi connectivity index (χ2n) is 10.4. The Morgan fingerprint density at radius 3 is 2.43 bits per heavy atom. The van der Waals surface area contributed by atoms with Crippen LogP contribution in [0.4, 0.5) is 21.5 Å². The van der Waals surface area contributed by atoms with Gasteiger partial charge in [-0.2, -0.15) is 0 Å². The van der Waals surface area contributed by atoms with Gasteiger partial charge in [0.1, 0.15) is 5.82 Å². The lowest BCUT2D eigenvalue weighted by Crippen LogP contribution is -2.38. The van der Waals surface area contributed by atoms with Crippen LogP contribution in [0.25, 0.3) is 11.3 Å². The first-order valence-electron chi connectivity index (χ1n) is 13.7. The van der Waals surface area contributed by atoms with Crippen molar-refractivity contribution in [3.05, 3.63) is 89.2 Å². The molecule has 1 amide bonds. The molecule has 4 rings (SSSR count). The maximum atomic E-state index is 13.9. The Kier molecular flexibility index (Phi) is 9.64. The number of nitrogens with one attached hydrogen (secondary N) is 2. The van der Waals surface area contributed by atoms with E-state index in [-0.39, 0.29) is 12.2 Å². The van der Waals surface area contributed by atoms with Crippen LogP contribution in [0.5, 0.6) is 0 Å². The van der Waals surface area contributed by atoms with Gasteiger partial charge >= 0.3 is 5.97 Å². The number of benzene rings is 3. The molecule has 0 unspecified atom stereocenters. The van der Waals surface area contributed by atoms with Gasteiger partial charge in [0.05, 0.1) is 28.4 Å². The summed E-state index contributed by atoms with van der Waals surface area (Å²) in [7, 11) is 0.246. The van der Waals surface area contributed by atoms with E-state index in [1.807, 2.05) is 44.1 Å². The van der Waals surface area contributed by atoms with Crippen molar-refractivity contribution in [1.29, 1.82) is 0 Å². The highest BCUT2D eigenvalue weighted by molar-refractivity contribution is 7.92. The Morgan fingerprint density at radius 2 is 1.76 bits per heavy atom. The van der Waals surface area contributed by atoms with Crippen LogP contribution in [0.2, 0.25) is 0 Å². The van der Waals surface area contributed by atoms with Gasteiger partial charge in [0.25, 0.3) is 5.91 Å². The molecule has 3 aromatic carbocycles. The zero-order chi connectivity index (χ0) is 30.4. The van der Waals surface area contributed by atoms with Gasteiger partial charge in [-0.3, -0.25) is 13.9 Å². The van der Waals surface area contributed by atoms with Crippen LogP contribution in [-0.2, 0) is 26.0 Å². The summed E-state index contributed by atoms with van der Waals surface area (Å²) >= 11 is 0. The number of aryl methyl sites for hydroxylation is 1. The minimum atomic E-state index is -3.52. The van der Waals surface area contributed by atoms with Crippen molar-refractivity contribution < 1.29 is 27.5 Å². The molecule has 0 bridgehead atoms. The number of carbonyl (C=O) groups is 2. The van der Waals surface area contributed by atoms with Crippen molar-refractivity contribution in [2.24, 2.45) is 0 Å². The Bertz CT molecular complexity index is 1600. The second-order valence-corrected chi connectivity index (χ2v) is 12.4. The summed E-state index contributed by atoms with van der Waals surface area (Å²) in [5, 5.41) is 15.2. The lowest BCUT2D eigenvalue weighted by molar-refractivity contribution is -0.137. The van der Waals surface area contributed by atoms with Crippen molar-refractivity contribution in [1.82, 2.24) is 4.90 Å². The molecule has 0 fully saturated rings. The minimum absolute atomic E-state index is 0.0318. The number of hydrogen-bond acceptors (Lipinski definition) is 6. The molecule has 1 heterocycles. The molecule has 0 aliphatic carbocycles. The third kappa shape index (κ3) is 7.34. The van der Waals surface area contributed by atoms with Crippen molar-refractivity contribution in [3.8, 4) is 0 Å². The number of amides is 1. The SMILES string of the molecule is CCCS(=O)(=O)N(CCN(C)C)c1ccc(NC(=C2C(=O)Nc3cc(F)ccc32)c2cccc(CCC(=O)O)c2)cc1. The minimum Gasteiger partial charge on any atom is -0.481 e. The van der Waals surface area contributed by atoms with Gasteiger partial charge in [0.15, 0.2) is 0 Å². The molecule has 42 heavy (non-hydrogen) atoms. The molecule has 3 N–H and O–H groups in total. The van der Waals surface area contributed by atoms with Crippen LogP contribution in [0, 0.1) is 5.82 Å². The van der Waals surface area contributed by atoms with E-state index in [9.17, 15) is 22.4 Å². The summed E-state index contributed by atoms with van der Waals surface area (Å²) < 4.78 is 41.5. The molecule has 0 spiro atoms. The average molecular weight is 595 g/mol. The molecule has 0 saturated heterocycles. The maximum absolute atomic E-state index is 13.9. The smallest absolute Gasteiger partial charge is 0.303 e. The van der Waals surface area contributed by atoms with Crippen LogP contribution in [0.3, 0.4) is 0 Å². The predicted molar refractivity (Wildman–Crippen MR) is 164 cm³/mol. The number of likely N-dealkylation sites (N-methyl/N-ethyl adjacent to an activating group) is 1. The summed E-state index contributed by atoms with van der Waals surface area (Å²) in [6.45, 7) is 2.67. The zero-order valence-electron chi connectivity index (χ0n) is 23.9. The molecule has 1 aliphatic heterocycles. The number of fused-ring (bicyclic) bond motifs is 1. The summed E-state index contributed by atoms with van der Waals surface area (Å²) in [6.07, 6.45) is 0.762. The number of sulfonamides is 1. The number of halogens is 1. The van der Waals surface area contributed by atoms with Gasteiger partial charge in [-0.15, -0.1) is 0 Å². The van der Waals surface area contributed by atoms with Crippen LogP contribution in [0.1, 0.15) is 36.5 Å². The third-order valence-corrected chi connectivity index (χ3v) is 8.78. The van der Waals surface area contributed by atoms with Crippen molar-refractivity contribution >= 4 is 50.2 Å². The van der Waals surface area contributed by atoms with Gasteiger partial charge in [-0.1, -0.05) is 25.1 Å². The number of anilines is 3. The molecule has 0 atom stereocenters. The van der Waals surface area contributed by atoms with Gasteiger partial charge < -0.3 is 20.6 Å². The van der Waals surface area contributed by atoms with Crippen LogP contribution >= 0.6 is 0 Å². The molecule has 9 nitrogen and oxygen atoms in total. The largest absolute Gasteiger partial charge is 0.481 e. The summed E-state index contributed by atoms with van der Waals surface area (Å²) in [6, 6.07) is 18.2. The Hall–Kier alpha value is -4.22. The molecule has 1 aliphatic rings. The number of carboxylic acids is 1. The highest BCUT2D eigenvalue weighted by Crippen LogP contribution is 2.38. The zero-order valence-corrected chi connectivity index (χ0v) is 24.7. The van der Waals surface area contributed by atoms with E-state index >= 15 is 0 Å². The Morgan fingerprint density at radius 1 is 1.02 bits per heavy atom. The first-order chi connectivity index (χ1) is 20.0. The summed E-state index contributed by atoms with van der Waals surface area (Å²) in [5.74, 6) is -1.77. The third-order valence-electron chi connectivity index (χ3n) is 6.79. The maximum Gasteiger partial charge on any atom is 0.303 e. The highest BCUT2D eigenvalue weighted by atomic mass is 32.2. The average Bonchev–Trinajstić information content (AvgIpc) is 3.25. The fourth-order valence-electron chi connectivity index (χ4n) is 4.75. The first kappa shape index (κ1) is 30.7. The van der Waals surface area contributed by atoms with E-state index in [2.05, 4.69) is 10.6 Å². The second kappa shape index (κ2) is 13.2. The lowest BCUT2D eigenvalue weighted by atomic mass is 9.97. The monoisotopic (exact) mass is 594 g/mol. The van der Waals surface area contributed by atoms with Crippen molar-refractivity contribution in [3.63, 3.8) is 0 Å². The summed E-state index contributed by atoms with van der Waals surface area (Å²) in [5.41, 5.74) is 4.18. The Labute approximate surface area is 245 Å². The van der Waals surface area contributed by atoms with E-state index in [1.54, 1.807) is 30.3 Å². The Balaban J connectivity index is 1.75. The van der Waals surface area contributed by atoms with Crippen LogP contribution in [0.15, 0.2) is 66.7 Å². The van der Waals surface area contributed by atoms with E-state index in [1.165, 1.54) is 22.5 Å². The van der Waals surface area contributed by atoms with Crippen LogP contribution < -0.4 is 14.9 Å². The van der Waals surface area contributed by atoms with Crippen LogP contribution in [-0.4, -0.2) is 63.2 Å². The van der Waals surface area contributed by atoms with Gasteiger partial charge in [-0.25, -0.2) is 12.8 Å². The topological polar surface area (TPSA) is 119 Å². The normalized spacial score (nSPS) is 14.0. The predicted octanol–water partition coefficient (Wildman–Crippen LogP) is 4.88.